The average Bonchev–Trinajstić information content (AvgIpc) is 2.98. The maximum absolute atomic E-state index is 8.69. The van der Waals surface area contributed by atoms with E-state index < -0.39 is 0 Å². The van der Waals surface area contributed by atoms with E-state index in [0.717, 1.165) is 24.3 Å². The van der Waals surface area contributed by atoms with E-state index in [4.69, 9.17) is 9.84 Å². The molecule has 0 aliphatic carbocycles. The number of hydrogen-bond acceptors (Lipinski definition) is 4. The third kappa shape index (κ3) is 5.20. The molecule has 0 spiro atoms. The molecule has 4 heteroatoms. The summed E-state index contributed by atoms with van der Waals surface area (Å²) in [5.41, 5.74) is 0.829. The van der Waals surface area contributed by atoms with Crippen LogP contribution >= 0.6 is 0 Å². The summed E-state index contributed by atoms with van der Waals surface area (Å²) in [6, 6.07) is 1.90. The van der Waals surface area contributed by atoms with Crippen LogP contribution in [0.2, 0.25) is 0 Å². The van der Waals surface area contributed by atoms with Crippen LogP contribution in [-0.2, 0) is 0 Å². The van der Waals surface area contributed by atoms with E-state index >= 15 is 0 Å². The van der Waals surface area contributed by atoms with E-state index in [2.05, 4.69) is 21.7 Å². The first-order chi connectivity index (χ1) is 9.88. The number of likely N-dealkylation sites (tertiary alicyclic amines) is 1. The Morgan fingerprint density at radius 3 is 2.95 bits per heavy atom. The van der Waals surface area contributed by atoms with Crippen LogP contribution in [0.25, 0.3) is 0 Å². The fourth-order valence-electron chi connectivity index (χ4n) is 2.27. The zero-order valence-corrected chi connectivity index (χ0v) is 11.8. The van der Waals surface area contributed by atoms with Gasteiger partial charge in [-0.25, -0.2) is 0 Å². The van der Waals surface area contributed by atoms with Crippen molar-refractivity contribution in [1.82, 2.24) is 9.88 Å². The second kappa shape index (κ2) is 8.57. The Bertz CT molecular complexity index is 459. The van der Waals surface area contributed by atoms with Gasteiger partial charge in [0.1, 0.15) is 5.75 Å². The maximum atomic E-state index is 8.69. The molecule has 0 unspecified atom stereocenters. The minimum atomic E-state index is 0.0904. The Morgan fingerprint density at radius 1 is 1.30 bits per heavy atom. The summed E-state index contributed by atoms with van der Waals surface area (Å²) in [5.74, 6) is 6.61. The second-order valence-corrected chi connectivity index (χ2v) is 4.94. The van der Waals surface area contributed by atoms with Gasteiger partial charge in [-0.3, -0.25) is 4.98 Å². The van der Waals surface area contributed by atoms with Crippen LogP contribution in [0.4, 0.5) is 0 Å². The van der Waals surface area contributed by atoms with Crippen molar-refractivity contribution in [3.05, 3.63) is 24.0 Å². The zero-order valence-electron chi connectivity index (χ0n) is 11.8. The summed E-state index contributed by atoms with van der Waals surface area (Å²) >= 11 is 0. The summed E-state index contributed by atoms with van der Waals surface area (Å²) in [6.45, 7) is 4.39. The maximum Gasteiger partial charge on any atom is 0.138 e. The van der Waals surface area contributed by atoms with Gasteiger partial charge in [-0.2, -0.15) is 0 Å². The molecule has 1 aromatic heterocycles. The Balaban J connectivity index is 1.72. The van der Waals surface area contributed by atoms with Gasteiger partial charge in [0.25, 0.3) is 0 Å². The van der Waals surface area contributed by atoms with Crippen molar-refractivity contribution >= 4 is 0 Å². The van der Waals surface area contributed by atoms with Gasteiger partial charge in [0.2, 0.25) is 0 Å². The lowest BCUT2D eigenvalue weighted by molar-refractivity contribution is 0.262. The monoisotopic (exact) mass is 274 g/mol. The van der Waals surface area contributed by atoms with E-state index in [0.29, 0.717) is 13.0 Å². The van der Waals surface area contributed by atoms with Gasteiger partial charge in [-0.1, -0.05) is 11.8 Å². The number of nitrogens with zero attached hydrogens (tertiary/aromatic N) is 2. The largest absolute Gasteiger partial charge is 0.492 e. The van der Waals surface area contributed by atoms with E-state index in [-0.39, 0.29) is 6.61 Å². The summed E-state index contributed by atoms with van der Waals surface area (Å²) in [4.78, 5) is 6.60. The quantitative estimate of drug-likeness (QED) is 0.633. The van der Waals surface area contributed by atoms with Crippen molar-refractivity contribution in [3.63, 3.8) is 0 Å². The van der Waals surface area contributed by atoms with Crippen LogP contribution in [0.5, 0.6) is 5.75 Å². The van der Waals surface area contributed by atoms with E-state index in [1.807, 2.05) is 6.07 Å². The molecule has 0 atom stereocenters. The summed E-state index contributed by atoms with van der Waals surface area (Å²) in [7, 11) is 0. The molecule has 1 fully saturated rings. The molecule has 1 saturated heterocycles. The number of hydrogen-bond donors (Lipinski definition) is 1. The standard InChI is InChI=1S/C16H22N2O2/c19-10-4-1-6-15-12-16(14-17-13-15)20-11-5-9-18-7-2-3-8-18/h12-14,19H,2-5,7-11H2. The molecule has 2 heterocycles. The predicted octanol–water partition coefficient (Wildman–Crippen LogP) is 1.68. The van der Waals surface area contributed by atoms with Crippen molar-refractivity contribution in [3.8, 4) is 17.6 Å². The highest BCUT2D eigenvalue weighted by Crippen LogP contribution is 2.12. The average molecular weight is 274 g/mol. The van der Waals surface area contributed by atoms with Crippen LogP contribution in [-0.4, -0.2) is 47.8 Å². The summed E-state index contributed by atoms with van der Waals surface area (Å²) < 4.78 is 5.71. The van der Waals surface area contributed by atoms with Gasteiger partial charge in [-0.15, -0.1) is 0 Å². The van der Waals surface area contributed by atoms with Crippen molar-refractivity contribution in [2.75, 3.05) is 32.8 Å². The molecular weight excluding hydrogens is 252 g/mol. The smallest absolute Gasteiger partial charge is 0.138 e. The lowest BCUT2D eigenvalue weighted by Crippen LogP contribution is -2.21. The van der Waals surface area contributed by atoms with E-state index in [1.165, 1.54) is 25.9 Å². The number of ether oxygens (including phenoxy) is 1. The highest BCUT2D eigenvalue weighted by Gasteiger charge is 2.10. The highest BCUT2D eigenvalue weighted by molar-refractivity contribution is 5.36. The van der Waals surface area contributed by atoms with Crippen molar-refractivity contribution in [2.24, 2.45) is 0 Å². The van der Waals surface area contributed by atoms with Gasteiger partial charge in [-0.05, 0) is 38.4 Å². The molecule has 0 saturated carbocycles. The topological polar surface area (TPSA) is 45.6 Å². The predicted molar refractivity (Wildman–Crippen MR) is 78.6 cm³/mol. The van der Waals surface area contributed by atoms with Crippen molar-refractivity contribution in [1.29, 1.82) is 0 Å². The van der Waals surface area contributed by atoms with Crippen molar-refractivity contribution < 1.29 is 9.84 Å². The molecule has 0 amide bonds. The molecule has 1 aliphatic rings. The number of pyridine rings is 1. The van der Waals surface area contributed by atoms with Crippen molar-refractivity contribution in [2.45, 2.75) is 25.7 Å². The first-order valence-electron chi connectivity index (χ1n) is 7.28. The Kier molecular flexibility index (Phi) is 6.36. The number of aliphatic hydroxyl groups excluding tert-OH is 1. The fraction of sp³-hybridized carbons (Fsp3) is 0.562. The first kappa shape index (κ1) is 14.8. The molecule has 0 radical (unpaired) electrons. The lowest BCUT2D eigenvalue weighted by atomic mass is 10.2. The van der Waals surface area contributed by atoms with Crippen LogP contribution in [0.15, 0.2) is 18.5 Å². The Labute approximate surface area is 120 Å². The minimum absolute atomic E-state index is 0.0904. The number of rotatable bonds is 6. The van der Waals surface area contributed by atoms with Crippen LogP contribution in [0, 0.1) is 11.8 Å². The zero-order chi connectivity index (χ0) is 14.0. The molecular formula is C16H22N2O2. The fourth-order valence-corrected chi connectivity index (χ4v) is 2.27. The minimum Gasteiger partial charge on any atom is -0.492 e. The van der Waals surface area contributed by atoms with Gasteiger partial charge >= 0.3 is 0 Å². The molecule has 108 valence electrons. The molecule has 1 aliphatic heterocycles. The Morgan fingerprint density at radius 2 is 2.15 bits per heavy atom. The molecule has 0 bridgehead atoms. The highest BCUT2D eigenvalue weighted by atomic mass is 16.5. The summed E-state index contributed by atoms with van der Waals surface area (Å²) in [6.07, 6.45) is 7.62. The van der Waals surface area contributed by atoms with Gasteiger partial charge in [0, 0.05) is 24.7 Å². The normalized spacial score (nSPS) is 14.8. The third-order valence-corrected chi connectivity index (χ3v) is 3.27. The van der Waals surface area contributed by atoms with Gasteiger partial charge < -0.3 is 14.7 Å². The second-order valence-electron chi connectivity index (χ2n) is 4.94. The lowest BCUT2D eigenvalue weighted by Gasteiger charge is -2.14. The van der Waals surface area contributed by atoms with E-state index in [9.17, 15) is 0 Å². The first-order valence-corrected chi connectivity index (χ1v) is 7.28. The number of aliphatic hydroxyl groups is 1. The molecule has 0 aromatic carbocycles. The van der Waals surface area contributed by atoms with Crippen LogP contribution < -0.4 is 4.74 Å². The number of aromatic nitrogens is 1. The molecule has 4 nitrogen and oxygen atoms in total. The van der Waals surface area contributed by atoms with Crippen LogP contribution in [0.1, 0.15) is 31.2 Å². The van der Waals surface area contributed by atoms with E-state index in [1.54, 1.807) is 12.4 Å². The van der Waals surface area contributed by atoms with Crippen LogP contribution in [0.3, 0.4) is 0 Å². The Hall–Kier alpha value is -1.57. The molecule has 1 aromatic rings. The van der Waals surface area contributed by atoms with Gasteiger partial charge in [0.05, 0.1) is 19.4 Å². The SMILES string of the molecule is OCCC#Cc1cncc(OCCCN2CCCC2)c1. The third-order valence-electron chi connectivity index (χ3n) is 3.27. The molecule has 1 N–H and O–H groups in total. The molecule has 20 heavy (non-hydrogen) atoms. The van der Waals surface area contributed by atoms with Gasteiger partial charge in [0.15, 0.2) is 0 Å². The summed E-state index contributed by atoms with van der Waals surface area (Å²) in [5, 5.41) is 8.69. The molecule has 2 rings (SSSR count).